The number of hydrogen-bond donors (Lipinski definition) is 0. The Morgan fingerprint density at radius 3 is 2.52 bits per heavy atom. The molecule has 1 aromatic rings. The van der Waals surface area contributed by atoms with Gasteiger partial charge in [0.1, 0.15) is 4.93 Å². The van der Waals surface area contributed by atoms with Crippen molar-refractivity contribution >= 4 is 21.8 Å². The van der Waals surface area contributed by atoms with E-state index in [0.29, 0.717) is 19.5 Å². The molecule has 0 atom stereocenters. The highest BCUT2D eigenvalue weighted by atomic mass is 32.2. The Morgan fingerprint density at radius 2 is 1.90 bits per heavy atom. The Balaban J connectivity index is 1.56. The molecule has 2 heterocycles. The van der Waals surface area contributed by atoms with Gasteiger partial charge in [-0.15, -0.1) is 11.8 Å². The normalized spacial score (nSPS) is 22.7. The number of rotatable bonds is 4. The Morgan fingerprint density at radius 1 is 1.19 bits per heavy atom. The molecule has 116 valence electrons. The van der Waals surface area contributed by atoms with E-state index in [0.717, 1.165) is 30.8 Å². The van der Waals surface area contributed by atoms with Crippen molar-refractivity contribution in [1.29, 1.82) is 0 Å². The molecule has 0 saturated carbocycles. The van der Waals surface area contributed by atoms with Crippen molar-refractivity contribution in [2.45, 2.75) is 24.2 Å². The largest absolute Gasteiger partial charge is 0.363 e. The predicted molar refractivity (Wildman–Crippen MR) is 85.9 cm³/mol. The lowest BCUT2D eigenvalue weighted by molar-refractivity contribution is 0.0162. The van der Waals surface area contributed by atoms with Gasteiger partial charge in [0.05, 0.1) is 12.4 Å². The molecule has 2 fully saturated rings. The Hall–Kier alpha value is -0.560. The average molecular weight is 327 g/mol. The van der Waals surface area contributed by atoms with Crippen LogP contribution in [0.25, 0.3) is 0 Å². The van der Waals surface area contributed by atoms with Crippen LogP contribution < -0.4 is 0 Å². The average Bonchev–Trinajstić information content (AvgIpc) is 2.95. The van der Waals surface area contributed by atoms with E-state index in [1.54, 1.807) is 4.31 Å². The van der Waals surface area contributed by atoms with Crippen LogP contribution in [0.15, 0.2) is 30.3 Å². The van der Waals surface area contributed by atoms with Crippen molar-refractivity contribution in [3.8, 4) is 0 Å². The summed E-state index contributed by atoms with van der Waals surface area (Å²) in [6.45, 7) is 1.97. The van der Waals surface area contributed by atoms with Crippen molar-refractivity contribution in [3.05, 3.63) is 35.9 Å². The van der Waals surface area contributed by atoms with Crippen molar-refractivity contribution < 1.29 is 13.2 Å². The molecule has 2 aliphatic rings. The van der Waals surface area contributed by atoms with Crippen LogP contribution in [0.1, 0.15) is 18.4 Å². The molecule has 0 aromatic heterocycles. The summed E-state index contributed by atoms with van der Waals surface area (Å²) in [7, 11) is -3.16. The second kappa shape index (κ2) is 6.28. The zero-order valence-corrected chi connectivity index (χ0v) is 13.7. The summed E-state index contributed by atoms with van der Waals surface area (Å²) in [5.41, 5.74) is 1.07. The maximum absolute atomic E-state index is 12.4. The van der Waals surface area contributed by atoms with Gasteiger partial charge in [0, 0.05) is 18.8 Å². The van der Waals surface area contributed by atoms with Crippen LogP contribution in [0.2, 0.25) is 0 Å². The number of nitrogens with zero attached hydrogens (tertiary/aromatic N) is 1. The molecule has 1 aromatic carbocycles. The van der Waals surface area contributed by atoms with Gasteiger partial charge >= 0.3 is 0 Å². The molecule has 6 heteroatoms. The molecule has 2 aliphatic heterocycles. The van der Waals surface area contributed by atoms with Crippen molar-refractivity contribution in [2.24, 2.45) is 0 Å². The highest BCUT2D eigenvalue weighted by molar-refractivity contribution is 8.00. The van der Waals surface area contributed by atoms with Crippen LogP contribution in [-0.2, 0) is 21.2 Å². The first-order valence-electron chi connectivity index (χ1n) is 7.39. The van der Waals surface area contributed by atoms with Crippen molar-refractivity contribution in [2.75, 3.05) is 31.2 Å². The first kappa shape index (κ1) is 15.3. The smallest absolute Gasteiger partial charge is 0.214 e. The summed E-state index contributed by atoms with van der Waals surface area (Å²) >= 11 is 1.84. The topological polar surface area (TPSA) is 46.6 Å². The van der Waals surface area contributed by atoms with Crippen LogP contribution in [0.3, 0.4) is 0 Å². The number of sulfonamides is 1. The molecule has 0 N–H and O–H groups in total. The van der Waals surface area contributed by atoms with E-state index in [1.165, 1.54) is 0 Å². The van der Waals surface area contributed by atoms with E-state index >= 15 is 0 Å². The monoisotopic (exact) mass is 327 g/mol. The van der Waals surface area contributed by atoms with E-state index < -0.39 is 10.0 Å². The molecule has 3 rings (SSSR count). The van der Waals surface area contributed by atoms with Gasteiger partial charge in [0.15, 0.2) is 0 Å². The second-order valence-corrected chi connectivity index (χ2v) is 9.09. The van der Waals surface area contributed by atoms with Crippen LogP contribution >= 0.6 is 11.8 Å². The lowest BCUT2D eigenvalue weighted by atomic mass is 10.1. The molecule has 0 radical (unpaired) electrons. The highest BCUT2D eigenvalue weighted by Crippen LogP contribution is 2.41. The quantitative estimate of drug-likeness (QED) is 0.850. The Kier molecular flexibility index (Phi) is 4.59. The van der Waals surface area contributed by atoms with Gasteiger partial charge in [-0.05, 0) is 24.8 Å². The molecule has 0 amide bonds. The van der Waals surface area contributed by atoms with Crippen LogP contribution in [0, 0.1) is 0 Å². The predicted octanol–water partition coefficient (Wildman–Crippen LogP) is 2.11. The fourth-order valence-electron chi connectivity index (χ4n) is 2.91. The van der Waals surface area contributed by atoms with Crippen LogP contribution in [0.4, 0.5) is 0 Å². The molecule has 0 aliphatic carbocycles. The van der Waals surface area contributed by atoms with Gasteiger partial charge < -0.3 is 4.74 Å². The number of ether oxygens (including phenoxy) is 1. The number of benzene rings is 1. The lowest BCUT2D eigenvalue weighted by Crippen LogP contribution is -2.45. The van der Waals surface area contributed by atoms with E-state index in [4.69, 9.17) is 4.74 Å². The number of aryl methyl sites for hydroxylation is 1. The number of hydrogen-bond acceptors (Lipinski definition) is 4. The number of thioether (sulfide) groups is 1. The summed E-state index contributed by atoms with van der Waals surface area (Å²) < 4.78 is 32.3. The minimum absolute atomic E-state index is 0.106. The molecular formula is C15H21NO3S2. The summed E-state index contributed by atoms with van der Waals surface area (Å²) in [4.78, 5) is -0.106. The first-order valence-corrected chi connectivity index (χ1v) is 9.99. The fraction of sp³-hybridized carbons (Fsp3) is 0.600. The van der Waals surface area contributed by atoms with Gasteiger partial charge in [0.25, 0.3) is 0 Å². The third kappa shape index (κ3) is 3.62. The maximum atomic E-state index is 12.4. The van der Waals surface area contributed by atoms with Crippen molar-refractivity contribution in [3.63, 3.8) is 0 Å². The lowest BCUT2D eigenvalue weighted by Gasteiger charge is -2.37. The fourth-order valence-corrected chi connectivity index (χ4v) is 5.58. The first-order chi connectivity index (χ1) is 10.1. The van der Waals surface area contributed by atoms with E-state index in [9.17, 15) is 8.42 Å². The van der Waals surface area contributed by atoms with Crippen molar-refractivity contribution in [1.82, 2.24) is 4.31 Å². The molecule has 21 heavy (non-hydrogen) atoms. The Labute approximate surface area is 130 Å². The SMILES string of the molecule is O=S(=O)(CCc1ccccc1)N1CCC2(CC1)OCCS2. The standard InChI is InChI=1S/C15H21NO3S2/c17-21(18,13-6-14-4-2-1-3-5-14)16-9-7-15(8-10-16)19-11-12-20-15/h1-5H,6-13H2. The molecular weight excluding hydrogens is 306 g/mol. The van der Waals surface area contributed by atoms with E-state index in [1.807, 2.05) is 42.1 Å². The summed E-state index contributed by atoms with van der Waals surface area (Å²) in [6, 6.07) is 9.79. The zero-order valence-electron chi connectivity index (χ0n) is 12.0. The summed E-state index contributed by atoms with van der Waals surface area (Å²) in [5.74, 6) is 1.22. The summed E-state index contributed by atoms with van der Waals surface area (Å²) in [5, 5.41) is 0. The van der Waals surface area contributed by atoms with Gasteiger partial charge in [0.2, 0.25) is 10.0 Å². The third-order valence-electron chi connectivity index (χ3n) is 4.18. The molecule has 0 unspecified atom stereocenters. The molecule has 4 nitrogen and oxygen atoms in total. The van der Waals surface area contributed by atoms with Gasteiger partial charge in [-0.25, -0.2) is 12.7 Å². The minimum atomic E-state index is -3.16. The minimum Gasteiger partial charge on any atom is -0.363 e. The zero-order chi connectivity index (χ0) is 14.8. The van der Waals surface area contributed by atoms with Crippen LogP contribution in [0.5, 0.6) is 0 Å². The molecule has 1 spiro atoms. The van der Waals surface area contributed by atoms with Gasteiger partial charge in [-0.1, -0.05) is 30.3 Å². The highest BCUT2D eigenvalue weighted by Gasteiger charge is 2.41. The van der Waals surface area contributed by atoms with Crippen LogP contribution in [-0.4, -0.2) is 48.9 Å². The Bertz CT molecular complexity index is 558. The maximum Gasteiger partial charge on any atom is 0.214 e. The molecule has 0 bridgehead atoms. The van der Waals surface area contributed by atoms with E-state index in [2.05, 4.69) is 0 Å². The molecule has 2 saturated heterocycles. The third-order valence-corrected chi connectivity index (χ3v) is 7.48. The second-order valence-electron chi connectivity index (χ2n) is 5.56. The summed E-state index contributed by atoms with van der Waals surface area (Å²) in [6.07, 6.45) is 2.19. The van der Waals surface area contributed by atoms with Gasteiger partial charge in [-0.2, -0.15) is 0 Å². The number of piperidine rings is 1. The van der Waals surface area contributed by atoms with Gasteiger partial charge in [-0.3, -0.25) is 0 Å². The van der Waals surface area contributed by atoms with E-state index in [-0.39, 0.29) is 10.7 Å².